The minimum atomic E-state index is -4.76. The third-order valence-corrected chi connectivity index (χ3v) is 5.38. The fourth-order valence-corrected chi connectivity index (χ4v) is 4.14. The average molecular weight is 428 g/mol. The van der Waals surface area contributed by atoms with Gasteiger partial charge in [0.15, 0.2) is 0 Å². The molecule has 0 aliphatic carbocycles. The Bertz CT molecular complexity index is 1140. The van der Waals surface area contributed by atoms with Crippen LogP contribution in [-0.2, 0) is 19.6 Å². The van der Waals surface area contributed by atoms with Gasteiger partial charge in [-0.05, 0) is 36.8 Å². The molecule has 9 heteroatoms. The predicted octanol–water partition coefficient (Wildman–Crippen LogP) is 4.83. The van der Waals surface area contributed by atoms with Gasteiger partial charge in [-0.15, -0.1) is 0 Å². The lowest BCUT2D eigenvalue weighted by atomic mass is 10.0. The molecule has 0 fully saturated rings. The number of hydrogen-bond donors (Lipinski definition) is 1. The van der Waals surface area contributed by atoms with Gasteiger partial charge in [-0.3, -0.25) is 13.9 Å². The number of carbonyl (C=O) groups excluding carboxylic acids is 1. The maximum absolute atomic E-state index is 11.9. The normalized spacial score (nSPS) is 12.9. The van der Waals surface area contributed by atoms with Gasteiger partial charge in [-0.25, -0.2) is 0 Å². The fourth-order valence-electron chi connectivity index (χ4n) is 3.05. The number of nitrogens with zero attached hydrogens (tertiary/aromatic N) is 1. The van der Waals surface area contributed by atoms with Crippen LogP contribution >= 0.6 is 23.2 Å². The molecule has 0 bridgehead atoms. The summed E-state index contributed by atoms with van der Waals surface area (Å²) in [4.78, 5) is 11.5. The van der Waals surface area contributed by atoms with E-state index in [2.05, 4.69) is 0 Å². The van der Waals surface area contributed by atoms with Gasteiger partial charge in [0, 0.05) is 33.6 Å². The smallest absolute Gasteiger partial charge is 0.324 e. The van der Waals surface area contributed by atoms with E-state index >= 15 is 0 Å². The van der Waals surface area contributed by atoms with Crippen molar-refractivity contribution < 1.29 is 22.5 Å². The minimum Gasteiger partial charge on any atom is -0.424 e. The molecule has 0 saturated carbocycles. The third kappa shape index (κ3) is 3.82. The quantitative estimate of drug-likeness (QED) is 0.475. The zero-order valence-corrected chi connectivity index (χ0v) is 16.6. The Morgan fingerprint density at radius 3 is 2.26 bits per heavy atom. The summed E-state index contributed by atoms with van der Waals surface area (Å²) in [5.74, 6) is -0.853. The molecular weight excluding hydrogens is 413 g/mol. The van der Waals surface area contributed by atoms with Gasteiger partial charge >= 0.3 is 21.6 Å². The summed E-state index contributed by atoms with van der Waals surface area (Å²) >= 11 is 12.1. The summed E-state index contributed by atoms with van der Waals surface area (Å²) in [6, 6.07) is 11.9. The maximum Gasteiger partial charge on any atom is 0.324 e. The number of hydrogen-bond acceptors (Lipinski definition) is 4. The molecule has 0 saturated heterocycles. The van der Waals surface area contributed by atoms with Gasteiger partial charge in [-0.2, -0.15) is 8.42 Å². The summed E-state index contributed by atoms with van der Waals surface area (Å²) in [5.41, 5.74) is 0.420. The van der Waals surface area contributed by atoms with Crippen molar-refractivity contribution in [3.63, 3.8) is 0 Å². The van der Waals surface area contributed by atoms with Crippen molar-refractivity contribution in [2.75, 3.05) is 0 Å². The molecule has 6 nitrogen and oxygen atoms in total. The largest absolute Gasteiger partial charge is 0.424 e. The number of ether oxygens (including phenoxy) is 1. The number of carbonyl (C=O) groups is 1. The fraction of sp³-hybridized carbons (Fsp3) is 0.167. The van der Waals surface area contributed by atoms with Crippen LogP contribution in [0.25, 0.3) is 22.0 Å². The molecule has 3 rings (SSSR count). The predicted molar refractivity (Wildman–Crippen MR) is 104 cm³/mol. The third-order valence-electron chi connectivity index (χ3n) is 4.08. The van der Waals surface area contributed by atoms with Crippen LogP contribution in [-0.4, -0.2) is 23.5 Å². The Labute approximate surface area is 166 Å². The lowest BCUT2D eigenvalue weighted by Crippen LogP contribution is -2.25. The number of aromatic nitrogens is 1. The second-order valence-electron chi connectivity index (χ2n) is 5.93. The number of benzene rings is 2. The lowest BCUT2D eigenvalue weighted by Gasteiger charge is -2.19. The number of esters is 1. The molecule has 0 aliphatic rings. The standard InChI is InChI=1S/C18H15Cl2NO5S/c1-10-17(12-3-5-13(19)6-4-12)15-8-7-14(20)9-16(15)21(10)18(26-11(2)22)27(23,24)25/h3-9,18H,1-2H3,(H,23,24,25). The van der Waals surface area contributed by atoms with E-state index in [4.69, 9.17) is 27.9 Å². The minimum absolute atomic E-state index is 0.362. The van der Waals surface area contributed by atoms with Crippen LogP contribution < -0.4 is 0 Å². The first-order chi connectivity index (χ1) is 12.6. The van der Waals surface area contributed by atoms with Crippen molar-refractivity contribution >= 4 is 50.2 Å². The van der Waals surface area contributed by atoms with Crippen LogP contribution in [0.1, 0.15) is 18.2 Å². The summed E-state index contributed by atoms with van der Waals surface area (Å²) < 4.78 is 39.7. The zero-order valence-electron chi connectivity index (χ0n) is 14.3. The van der Waals surface area contributed by atoms with E-state index in [1.165, 1.54) is 4.57 Å². The highest BCUT2D eigenvalue weighted by atomic mass is 35.5. The molecule has 0 aliphatic heterocycles. The molecule has 0 spiro atoms. The van der Waals surface area contributed by atoms with E-state index in [0.717, 1.165) is 12.5 Å². The van der Waals surface area contributed by atoms with Gasteiger partial charge in [0.1, 0.15) is 0 Å². The molecule has 1 N–H and O–H groups in total. The second-order valence-corrected chi connectivity index (χ2v) is 8.24. The van der Waals surface area contributed by atoms with Crippen LogP contribution in [0.4, 0.5) is 0 Å². The molecule has 3 aromatic rings. The first kappa shape index (κ1) is 19.7. The highest BCUT2D eigenvalue weighted by Gasteiger charge is 2.32. The lowest BCUT2D eigenvalue weighted by molar-refractivity contribution is -0.146. The molecule has 1 aromatic heterocycles. The molecule has 142 valence electrons. The van der Waals surface area contributed by atoms with E-state index in [-0.39, 0.29) is 0 Å². The van der Waals surface area contributed by atoms with E-state index in [0.29, 0.717) is 32.2 Å². The molecule has 2 aromatic carbocycles. The van der Waals surface area contributed by atoms with Gasteiger partial charge in [0.25, 0.3) is 0 Å². The van der Waals surface area contributed by atoms with Crippen molar-refractivity contribution in [1.82, 2.24) is 4.57 Å². The van der Waals surface area contributed by atoms with E-state index in [1.807, 2.05) is 0 Å². The maximum atomic E-state index is 11.9. The number of rotatable bonds is 4. The van der Waals surface area contributed by atoms with Gasteiger partial charge in [0.2, 0.25) is 0 Å². The van der Waals surface area contributed by atoms with Crippen molar-refractivity contribution in [3.8, 4) is 11.1 Å². The average Bonchev–Trinajstić information content (AvgIpc) is 2.83. The van der Waals surface area contributed by atoms with E-state index < -0.39 is 21.6 Å². The Balaban J connectivity index is 2.39. The Morgan fingerprint density at radius 2 is 1.70 bits per heavy atom. The summed E-state index contributed by atoms with van der Waals surface area (Å²) in [6.45, 7) is 2.73. The van der Waals surface area contributed by atoms with Crippen LogP contribution in [0.5, 0.6) is 0 Å². The summed E-state index contributed by atoms with van der Waals surface area (Å²) in [6.07, 6.45) is 0. The van der Waals surface area contributed by atoms with Gasteiger partial charge in [0.05, 0.1) is 5.52 Å². The second kappa shape index (κ2) is 7.16. The highest BCUT2D eigenvalue weighted by molar-refractivity contribution is 7.85. The van der Waals surface area contributed by atoms with Crippen LogP contribution in [0.2, 0.25) is 10.0 Å². The van der Waals surface area contributed by atoms with E-state index in [1.54, 1.807) is 49.4 Å². The van der Waals surface area contributed by atoms with Gasteiger partial charge < -0.3 is 4.74 Å². The first-order valence-corrected chi connectivity index (χ1v) is 10.0. The summed E-state index contributed by atoms with van der Waals surface area (Å²) in [7, 11) is -4.76. The molecule has 1 heterocycles. The van der Waals surface area contributed by atoms with Crippen LogP contribution in [0.3, 0.4) is 0 Å². The number of halogens is 2. The summed E-state index contributed by atoms with van der Waals surface area (Å²) in [5, 5.41) is 1.60. The van der Waals surface area contributed by atoms with Crippen molar-refractivity contribution in [1.29, 1.82) is 0 Å². The topological polar surface area (TPSA) is 85.6 Å². The van der Waals surface area contributed by atoms with Crippen molar-refractivity contribution in [3.05, 3.63) is 58.2 Å². The Morgan fingerprint density at radius 1 is 1.11 bits per heavy atom. The van der Waals surface area contributed by atoms with Crippen LogP contribution in [0, 0.1) is 6.92 Å². The molecular formula is C18H15Cl2NO5S. The van der Waals surface area contributed by atoms with Crippen molar-refractivity contribution in [2.45, 2.75) is 19.4 Å². The molecule has 1 atom stereocenters. The number of fused-ring (bicyclic) bond motifs is 1. The molecule has 27 heavy (non-hydrogen) atoms. The zero-order chi connectivity index (χ0) is 19.9. The highest BCUT2D eigenvalue weighted by Crippen LogP contribution is 2.39. The molecule has 0 amide bonds. The van der Waals surface area contributed by atoms with Crippen LogP contribution in [0.15, 0.2) is 42.5 Å². The first-order valence-electron chi connectivity index (χ1n) is 7.79. The van der Waals surface area contributed by atoms with Gasteiger partial charge in [-0.1, -0.05) is 41.4 Å². The molecule has 1 unspecified atom stereocenters. The molecule has 0 radical (unpaired) electrons. The SMILES string of the molecule is CC(=O)OC(n1c(C)c(-c2ccc(Cl)cc2)c2ccc(Cl)cc21)S(=O)(=O)O. The van der Waals surface area contributed by atoms with E-state index in [9.17, 15) is 17.8 Å². The monoisotopic (exact) mass is 427 g/mol. The Hall–Kier alpha value is -2.06. The van der Waals surface area contributed by atoms with Crippen molar-refractivity contribution in [2.24, 2.45) is 0 Å². The Kier molecular flexibility index (Phi) is 5.22.